The van der Waals surface area contributed by atoms with E-state index in [1.807, 2.05) is 30.3 Å². The molecule has 1 aliphatic heterocycles. The van der Waals surface area contributed by atoms with Crippen molar-refractivity contribution in [1.82, 2.24) is 4.90 Å². The van der Waals surface area contributed by atoms with Crippen LogP contribution in [0.15, 0.2) is 70.7 Å². The summed E-state index contributed by atoms with van der Waals surface area (Å²) in [6, 6.07) is 11.9. The summed E-state index contributed by atoms with van der Waals surface area (Å²) in [6.45, 7) is -0.275. The molecule has 2 heterocycles. The lowest BCUT2D eigenvalue weighted by Crippen LogP contribution is -2.42. The molecule has 0 spiro atoms. The molecular weight excluding hydrogens is 382 g/mol. The number of nitrogens with zero attached hydrogens (tertiary/aromatic N) is 1. The van der Waals surface area contributed by atoms with Gasteiger partial charge in [-0.15, -0.1) is 0 Å². The highest BCUT2D eigenvalue weighted by atomic mass is 32.2. The van der Waals surface area contributed by atoms with Crippen LogP contribution in [0.2, 0.25) is 0 Å². The van der Waals surface area contributed by atoms with Gasteiger partial charge in [-0.2, -0.15) is 0 Å². The number of sulfone groups is 1. The Bertz CT molecular complexity index is 977. The van der Waals surface area contributed by atoms with Crippen molar-refractivity contribution in [2.24, 2.45) is 0 Å². The van der Waals surface area contributed by atoms with Crippen molar-refractivity contribution in [3.63, 3.8) is 0 Å². The first-order chi connectivity index (χ1) is 13.4. The molecule has 0 N–H and O–H groups in total. The minimum Gasteiger partial charge on any atom is -0.465 e. The van der Waals surface area contributed by atoms with Crippen molar-refractivity contribution >= 4 is 27.8 Å². The van der Waals surface area contributed by atoms with Gasteiger partial charge in [-0.25, -0.2) is 13.2 Å². The number of benzene rings is 1. The second kappa shape index (κ2) is 8.71. The van der Waals surface area contributed by atoms with Crippen molar-refractivity contribution in [1.29, 1.82) is 0 Å². The highest BCUT2D eigenvalue weighted by Crippen LogP contribution is 2.18. The monoisotopic (exact) mass is 401 g/mol. The van der Waals surface area contributed by atoms with Crippen LogP contribution >= 0.6 is 0 Å². The average molecular weight is 401 g/mol. The third-order valence-electron chi connectivity index (χ3n) is 4.09. The van der Waals surface area contributed by atoms with E-state index >= 15 is 0 Å². The summed E-state index contributed by atoms with van der Waals surface area (Å²) in [7, 11) is -3.34. The maximum atomic E-state index is 12.7. The standard InChI is InChI=1S/C20H19NO6S/c22-19(14-27-20(23)9-8-18-7-4-11-26-18)21(13-16-5-2-1-3-6-16)17-10-12-28(24,25)15-17/h1-12,17H,13-15H2/b9-8+/t17-/m1/s1. The quantitative estimate of drug-likeness (QED) is 0.521. The molecule has 1 aromatic heterocycles. The molecule has 0 radical (unpaired) electrons. The molecule has 0 saturated heterocycles. The molecule has 0 unspecified atom stereocenters. The highest BCUT2D eigenvalue weighted by Gasteiger charge is 2.30. The van der Waals surface area contributed by atoms with E-state index in [4.69, 9.17) is 9.15 Å². The normalized spacial score (nSPS) is 17.6. The molecule has 3 rings (SSSR count). The summed E-state index contributed by atoms with van der Waals surface area (Å²) in [4.78, 5) is 25.9. The predicted octanol–water partition coefficient (Wildman–Crippen LogP) is 2.18. The van der Waals surface area contributed by atoms with Crippen LogP contribution in [0.1, 0.15) is 11.3 Å². The molecule has 1 aliphatic rings. The van der Waals surface area contributed by atoms with E-state index in [-0.39, 0.29) is 12.3 Å². The lowest BCUT2D eigenvalue weighted by molar-refractivity contribution is -0.149. The summed E-state index contributed by atoms with van der Waals surface area (Å²) >= 11 is 0. The lowest BCUT2D eigenvalue weighted by Gasteiger charge is -2.27. The number of hydrogen-bond donors (Lipinski definition) is 0. The van der Waals surface area contributed by atoms with Crippen molar-refractivity contribution in [2.75, 3.05) is 12.4 Å². The van der Waals surface area contributed by atoms with Crippen LogP contribution in [-0.4, -0.2) is 43.6 Å². The van der Waals surface area contributed by atoms with Crippen molar-refractivity contribution < 1.29 is 27.2 Å². The van der Waals surface area contributed by atoms with Crippen LogP contribution in [0.25, 0.3) is 6.08 Å². The average Bonchev–Trinajstić information content (AvgIpc) is 3.32. The van der Waals surface area contributed by atoms with Crippen molar-refractivity contribution in [3.8, 4) is 0 Å². The SMILES string of the molecule is O=C(/C=C/c1ccco1)OCC(=O)N(Cc1ccccc1)[C@@H]1C=CS(=O)(=O)C1. The van der Waals surface area contributed by atoms with E-state index in [0.29, 0.717) is 5.76 Å². The first-order valence-corrected chi connectivity index (χ1v) is 10.3. The van der Waals surface area contributed by atoms with Gasteiger partial charge in [-0.05, 0) is 29.8 Å². The van der Waals surface area contributed by atoms with E-state index in [9.17, 15) is 18.0 Å². The van der Waals surface area contributed by atoms with Crippen LogP contribution < -0.4 is 0 Å². The van der Waals surface area contributed by atoms with Gasteiger partial charge in [0.2, 0.25) is 0 Å². The molecule has 1 atom stereocenters. The maximum Gasteiger partial charge on any atom is 0.331 e. The van der Waals surface area contributed by atoms with Gasteiger partial charge in [0.25, 0.3) is 5.91 Å². The number of esters is 1. The highest BCUT2D eigenvalue weighted by molar-refractivity contribution is 7.94. The smallest absolute Gasteiger partial charge is 0.331 e. The minimum absolute atomic E-state index is 0.183. The Morgan fingerprint density at radius 2 is 1.96 bits per heavy atom. The van der Waals surface area contributed by atoms with Gasteiger partial charge >= 0.3 is 5.97 Å². The fourth-order valence-electron chi connectivity index (χ4n) is 2.72. The number of furan rings is 1. The zero-order valence-electron chi connectivity index (χ0n) is 14.9. The number of rotatable bonds is 7. The molecule has 7 nitrogen and oxygen atoms in total. The van der Waals surface area contributed by atoms with Gasteiger partial charge in [0.1, 0.15) is 5.76 Å². The maximum absolute atomic E-state index is 12.7. The lowest BCUT2D eigenvalue weighted by atomic mass is 10.2. The van der Waals surface area contributed by atoms with Gasteiger partial charge in [-0.1, -0.05) is 30.3 Å². The molecule has 2 aromatic rings. The molecular formula is C20H19NO6S. The first-order valence-electron chi connectivity index (χ1n) is 8.56. The van der Waals surface area contributed by atoms with Gasteiger partial charge < -0.3 is 14.1 Å². The molecule has 1 amide bonds. The number of carbonyl (C=O) groups excluding carboxylic acids is 2. The van der Waals surface area contributed by atoms with Crippen molar-refractivity contribution in [3.05, 3.63) is 77.6 Å². The second-order valence-corrected chi connectivity index (χ2v) is 8.12. The predicted molar refractivity (Wildman–Crippen MR) is 102 cm³/mol. The summed E-state index contributed by atoms with van der Waals surface area (Å²) < 4.78 is 33.6. The Labute approximate surface area is 162 Å². The Hall–Kier alpha value is -3.13. The molecule has 1 aromatic carbocycles. The summed E-state index contributed by atoms with van der Waals surface area (Å²) in [6.07, 6.45) is 5.54. The van der Waals surface area contributed by atoms with E-state index < -0.39 is 34.4 Å². The zero-order valence-corrected chi connectivity index (χ0v) is 15.7. The van der Waals surface area contributed by atoms with Crippen LogP contribution in [0.3, 0.4) is 0 Å². The Kier molecular flexibility index (Phi) is 6.10. The van der Waals surface area contributed by atoms with Crippen LogP contribution in [-0.2, 0) is 30.7 Å². The molecule has 0 fully saturated rings. The molecule has 0 aliphatic carbocycles. The Morgan fingerprint density at radius 3 is 2.61 bits per heavy atom. The molecule has 0 bridgehead atoms. The summed E-state index contributed by atoms with van der Waals surface area (Å²) in [5.41, 5.74) is 0.845. The summed E-state index contributed by atoms with van der Waals surface area (Å²) in [5, 5.41) is 1.11. The van der Waals surface area contributed by atoms with Crippen LogP contribution in [0.5, 0.6) is 0 Å². The Morgan fingerprint density at radius 1 is 1.18 bits per heavy atom. The molecule has 8 heteroatoms. The van der Waals surface area contributed by atoms with E-state index in [1.165, 1.54) is 23.3 Å². The first kappa shape index (κ1) is 19.6. The molecule has 28 heavy (non-hydrogen) atoms. The number of ether oxygens (including phenoxy) is 1. The van der Waals surface area contributed by atoms with Gasteiger partial charge in [-0.3, -0.25) is 4.79 Å². The minimum atomic E-state index is -3.34. The second-order valence-electron chi connectivity index (χ2n) is 6.19. The molecule has 0 saturated carbocycles. The third kappa shape index (κ3) is 5.43. The fraction of sp³-hybridized carbons (Fsp3) is 0.200. The zero-order chi connectivity index (χ0) is 20.0. The number of amides is 1. The topological polar surface area (TPSA) is 93.9 Å². The number of hydrogen-bond acceptors (Lipinski definition) is 6. The van der Waals surface area contributed by atoms with Crippen molar-refractivity contribution in [2.45, 2.75) is 12.6 Å². The van der Waals surface area contributed by atoms with E-state index in [2.05, 4.69) is 0 Å². The van der Waals surface area contributed by atoms with Crippen LogP contribution in [0.4, 0.5) is 0 Å². The molecule has 146 valence electrons. The third-order valence-corrected chi connectivity index (χ3v) is 5.47. The fourth-order valence-corrected chi connectivity index (χ4v) is 4.02. The van der Waals surface area contributed by atoms with Gasteiger partial charge in [0.05, 0.1) is 18.1 Å². The summed E-state index contributed by atoms with van der Waals surface area (Å²) in [5.74, 6) is -0.873. The van der Waals surface area contributed by atoms with Gasteiger partial charge in [0, 0.05) is 18.0 Å². The van der Waals surface area contributed by atoms with Gasteiger partial charge in [0.15, 0.2) is 16.4 Å². The van der Waals surface area contributed by atoms with E-state index in [1.54, 1.807) is 12.1 Å². The Balaban J connectivity index is 1.64. The number of carbonyl (C=O) groups is 2. The van der Waals surface area contributed by atoms with E-state index in [0.717, 1.165) is 17.0 Å². The van der Waals surface area contributed by atoms with Crippen LogP contribution in [0, 0.1) is 0 Å². The largest absolute Gasteiger partial charge is 0.465 e.